The zero-order valence-corrected chi connectivity index (χ0v) is 19.9. The fourth-order valence-corrected chi connectivity index (χ4v) is 4.70. The van der Waals surface area contributed by atoms with Gasteiger partial charge < -0.3 is 15.2 Å². The Kier molecular flexibility index (Phi) is 6.55. The molecule has 3 fully saturated rings. The number of hydrogen-bond donors (Lipinski definition) is 2. The van der Waals surface area contributed by atoms with Crippen molar-refractivity contribution in [2.24, 2.45) is 10.9 Å². The molecule has 3 N–H and O–H groups in total. The minimum absolute atomic E-state index is 0.168. The number of anilines is 2. The van der Waals surface area contributed by atoms with Gasteiger partial charge in [-0.2, -0.15) is 0 Å². The Morgan fingerprint density at radius 2 is 1.86 bits per heavy atom. The van der Waals surface area contributed by atoms with Gasteiger partial charge in [0.2, 0.25) is 0 Å². The first-order valence-corrected chi connectivity index (χ1v) is 11.5. The van der Waals surface area contributed by atoms with Crippen LogP contribution >= 0.6 is 11.6 Å². The Labute approximate surface area is 207 Å². The lowest BCUT2D eigenvalue weighted by Gasteiger charge is -2.50. The van der Waals surface area contributed by atoms with Crippen molar-refractivity contribution in [1.29, 1.82) is 0 Å². The smallest absolute Gasteiger partial charge is 0.316 e. The number of hydrogen-bond acceptors (Lipinski definition) is 12. The molecule has 0 unspecified atom stereocenters. The topological polar surface area (TPSA) is 149 Å². The maximum Gasteiger partial charge on any atom is 0.316 e. The van der Waals surface area contributed by atoms with Gasteiger partial charge in [0.25, 0.3) is 6.02 Å². The number of nitrogen functional groups attached to an aromatic ring is 1. The number of fused-ring (bicyclic) bond motifs is 2. The van der Waals surface area contributed by atoms with E-state index in [9.17, 15) is 0 Å². The number of ether oxygens (including phenoxy) is 2. The van der Waals surface area contributed by atoms with E-state index in [-0.39, 0.29) is 5.60 Å². The molecule has 13 heteroatoms. The maximum atomic E-state index is 6.30. The average Bonchev–Trinajstić information content (AvgIpc) is 3.26. The number of piperidine rings is 3. The van der Waals surface area contributed by atoms with Gasteiger partial charge in [0.1, 0.15) is 35.0 Å². The molecule has 0 aromatic carbocycles. The molecular weight excluding hydrogens is 472 g/mol. The lowest BCUT2D eigenvalue weighted by molar-refractivity contribution is -0.0829. The minimum atomic E-state index is -0.168. The average molecular weight is 497 g/mol. The molecule has 0 radical (unpaired) electrons. The van der Waals surface area contributed by atoms with E-state index >= 15 is 0 Å². The van der Waals surface area contributed by atoms with Gasteiger partial charge in [-0.15, -0.1) is 0 Å². The molecule has 3 aromatic heterocycles. The molecule has 7 rings (SSSR count). The van der Waals surface area contributed by atoms with E-state index in [1.807, 2.05) is 6.07 Å². The summed E-state index contributed by atoms with van der Waals surface area (Å²) in [5.74, 6) is 1.61. The number of rotatable bonds is 3. The first kappa shape index (κ1) is 23.1. The van der Waals surface area contributed by atoms with E-state index in [1.54, 1.807) is 12.4 Å². The Balaban J connectivity index is 0.000000271. The largest absolute Gasteiger partial charge is 0.467 e. The molecule has 4 aliphatic rings. The first-order valence-electron chi connectivity index (χ1n) is 11.2. The van der Waals surface area contributed by atoms with Crippen LogP contribution in [0.1, 0.15) is 12.8 Å². The molecule has 0 saturated carbocycles. The summed E-state index contributed by atoms with van der Waals surface area (Å²) in [7, 11) is 1.53. The van der Waals surface area contributed by atoms with Crippen LogP contribution in [0.4, 0.5) is 11.6 Å². The van der Waals surface area contributed by atoms with Crippen LogP contribution in [0.25, 0.3) is 11.3 Å². The van der Waals surface area contributed by atoms with E-state index in [4.69, 9.17) is 26.8 Å². The quantitative estimate of drug-likeness (QED) is 0.512. The van der Waals surface area contributed by atoms with E-state index in [2.05, 4.69) is 45.1 Å². The third-order valence-electron chi connectivity index (χ3n) is 6.28. The molecule has 0 aliphatic carbocycles. The molecule has 182 valence electrons. The van der Waals surface area contributed by atoms with Crippen LogP contribution in [0.5, 0.6) is 6.01 Å². The van der Waals surface area contributed by atoms with Crippen molar-refractivity contribution in [3.05, 3.63) is 42.3 Å². The Hall–Kier alpha value is -3.64. The molecular formula is C22H25ClN10O2. The van der Waals surface area contributed by atoms with E-state index in [0.717, 1.165) is 12.1 Å². The second-order valence-corrected chi connectivity index (χ2v) is 8.86. The molecule has 3 saturated heterocycles. The summed E-state index contributed by atoms with van der Waals surface area (Å²) in [6, 6.07) is 4.18. The number of nitrogens with one attached hydrogen (secondary N) is 1. The van der Waals surface area contributed by atoms with Crippen molar-refractivity contribution < 1.29 is 9.47 Å². The van der Waals surface area contributed by atoms with E-state index in [1.165, 1.54) is 51.8 Å². The summed E-state index contributed by atoms with van der Waals surface area (Å²) >= 11 is 5.41. The molecule has 2 bridgehead atoms. The van der Waals surface area contributed by atoms with Gasteiger partial charge in [-0.25, -0.2) is 34.9 Å². The Morgan fingerprint density at radius 1 is 1.09 bits per heavy atom. The number of nitrogens with zero attached hydrogens (tertiary/aromatic N) is 8. The number of methoxy groups -OCH3 is 1. The van der Waals surface area contributed by atoms with Crippen LogP contribution in [-0.4, -0.2) is 79.7 Å². The highest BCUT2D eigenvalue weighted by molar-refractivity contribution is 6.29. The Morgan fingerprint density at radius 3 is 2.49 bits per heavy atom. The van der Waals surface area contributed by atoms with Gasteiger partial charge in [0.05, 0.1) is 19.3 Å². The third kappa shape index (κ3) is 5.23. The van der Waals surface area contributed by atoms with E-state index in [0.29, 0.717) is 47.0 Å². The van der Waals surface area contributed by atoms with Gasteiger partial charge in [-0.05, 0) is 25.9 Å². The molecule has 0 amide bonds. The summed E-state index contributed by atoms with van der Waals surface area (Å²) in [4.78, 5) is 31.1. The number of halogens is 1. The van der Waals surface area contributed by atoms with Crippen LogP contribution < -0.4 is 15.8 Å². The lowest BCUT2D eigenvalue weighted by atomic mass is 9.75. The van der Waals surface area contributed by atoms with Gasteiger partial charge >= 0.3 is 6.01 Å². The predicted molar refractivity (Wildman–Crippen MR) is 130 cm³/mol. The van der Waals surface area contributed by atoms with Crippen LogP contribution in [0.3, 0.4) is 0 Å². The summed E-state index contributed by atoms with van der Waals surface area (Å²) in [6.07, 6.45) is 8.54. The number of amidine groups is 1. The van der Waals surface area contributed by atoms with Gasteiger partial charge in [0, 0.05) is 42.6 Å². The van der Waals surface area contributed by atoms with Crippen LogP contribution in [-0.2, 0) is 4.74 Å². The fraction of sp³-hybridized carbons (Fsp3) is 0.409. The summed E-state index contributed by atoms with van der Waals surface area (Å²) in [5, 5.41) is 3.57. The van der Waals surface area contributed by atoms with Crippen molar-refractivity contribution in [2.75, 3.05) is 44.3 Å². The molecule has 12 nitrogen and oxygen atoms in total. The molecule has 1 atom stereocenters. The second-order valence-electron chi connectivity index (χ2n) is 8.48. The monoisotopic (exact) mass is 496 g/mol. The summed E-state index contributed by atoms with van der Waals surface area (Å²) in [6.45, 7) is 4.03. The van der Waals surface area contributed by atoms with Crippen LogP contribution in [0.2, 0.25) is 5.15 Å². The first-order chi connectivity index (χ1) is 17.0. The highest BCUT2D eigenvalue weighted by atomic mass is 35.5. The highest BCUT2D eigenvalue weighted by Crippen LogP contribution is 2.40. The number of nitrogens with two attached hydrogens (primary N) is 1. The zero-order chi connectivity index (χ0) is 24.3. The molecule has 4 aliphatic heterocycles. The summed E-state index contributed by atoms with van der Waals surface area (Å²) in [5.41, 5.74) is 6.55. The van der Waals surface area contributed by atoms with Gasteiger partial charge in [-0.3, -0.25) is 10.2 Å². The minimum Gasteiger partial charge on any atom is -0.467 e. The van der Waals surface area contributed by atoms with Gasteiger partial charge in [-0.1, -0.05) is 11.6 Å². The Bertz CT molecular complexity index is 1190. The SMILES string of the molecule is COc1ncc(-c2cc(NC3=NC[C@@]4(CN5CCC4CC5)O3)ncn2)cn1.Nc1cc(Cl)ncn1. The summed E-state index contributed by atoms with van der Waals surface area (Å²) < 4.78 is 11.3. The lowest BCUT2D eigenvalue weighted by Crippen LogP contribution is -2.61. The van der Waals surface area contributed by atoms with Crippen molar-refractivity contribution >= 4 is 29.3 Å². The zero-order valence-electron chi connectivity index (χ0n) is 19.1. The van der Waals surface area contributed by atoms with Crippen LogP contribution in [0.15, 0.2) is 42.2 Å². The molecule has 1 spiro atoms. The standard InChI is InChI=1S/C18H21N7O2.C4H4ClN3/c1-26-16-19-7-12(8-20-16)14-6-15(23-11-22-14)24-17-21-9-18(27-17)10-25-4-2-13(18)3-5-25;5-3-1-4(6)8-2-7-3/h6-8,11,13H,2-5,9-10H2,1H3,(H,21,22,23,24);1-2H,(H2,6,7,8)/t18-;/m0./s1. The van der Waals surface area contributed by atoms with Crippen LogP contribution in [0, 0.1) is 5.92 Å². The van der Waals surface area contributed by atoms with Crippen molar-refractivity contribution in [2.45, 2.75) is 18.4 Å². The maximum absolute atomic E-state index is 6.30. The van der Waals surface area contributed by atoms with Crippen molar-refractivity contribution in [1.82, 2.24) is 34.8 Å². The van der Waals surface area contributed by atoms with Crippen molar-refractivity contribution in [3.63, 3.8) is 0 Å². The van der Waals surface area contributed by atoms with Gasteiger partial charge in [0.15, 0.2) is 0 Å². The predicted octanol–water partition coefficient (Wildman–Crippen LogP) is 1.92. The highest BCUT2D eigenvalue weighted by Gasteiger charge is 2.51. The van der Waals surface area contributed by atoms with E-state index < -0.39 is 0 Å². The van der Waals surface area contributed by atoms with Crippen molar-refractivity contribution in [3.8, 4) is 17.3 Å². The molecule has 35 heavy (non-hydrogen) atoms. The fourth-order valence-electron chi connectivity index (χ4n) is 4.54. The number of aromatic nitrogens is 6. The molecule has 3 aromatic rings. The normalized spacial score (nSPS) is 24.2. The molecule has 7 heterocycles. The number of aliphatic imine (C=N–C) groups is 1. The third-order valence-corrected chi connectivity index (χ3v) is 6.48. The second kappa shape index (κ2) is 9.92.